The Labute approximate surface area is 81.6 Å². The summed E-state index contributed by atoms with van der Waals surface area (Å²) in [6.45, 7) is 4.18. The molecule has 0 N–H and O–H groups in total. The summed E-state index contributed by atoms with van der Waals surface area (Å²) in [6.07, 6.45) is 2.38. The Morgan fingerprint density at radius 1 is 1.38 bits per heavy atom. The molecular weight excluding hydrogens is 184 g/mol. The van der Waals surface area contributed by atoms with Gasteiger partial charge in [0.15, 0.2) is 12.6 Å². The molecule has 0 fully saturated rings. The van der Waals surface area contributed by atoms with Gasteiger partial charge >= 0.3 is 0 Å². The van der Waals surface area contributed by atoms with Crippen molar-refractivity contribution in [2.75, 3.05) is 0 Å². The summed E-state index contributed by atoms with van der Waals surface area (Å²) in [5.41, 5.74) is 1.57. The number of rotatable bonds is 4. The van der Waals surface area contributed by atoms with Crippen LogP contribution in [0.2, 0.25) is 0 Å². The molecule has 0 bridgehead atoms. The Morgan fingerprint density at radius 3 is 2.54 bits per heavy atom. The Bertz CT molecular complexity index is 313. The van der Waals surface area contributed by atoms with Crippen molar-refractivity contribution in [2.24, 2.45) is 5.92 Å². The first-order chi connectivity index (χ1) is 6.19. The second-order valence-corrected chi connectivity index (χ2v) is 4.28. The minimum Gasteiger partial charge on any atom is -0.298 e. The molecule has 0 spiro atoms. The molecule has 13 heavy (non-hydrogen) atoms. The van der Waals surface area contributed by atoms with Crippen molar-refractivity contribution in [2.45, 2.75) is 20.3 Å². The van der Waals surface area contributed by atoms with E-state index in [1.807, 2.05) is 5.38 Å². The van der Waals surface area contributed by atoms with Crippen LogP contribution in [0.15, 0.2) is 5.38 Å². The lowest BCUT2D eigenvalue weighted by Crippen LogP contribution is -1.96. The van der Waals surface area contributed by atoms with E-state index >= 15 is 0 Å². The van der Waals surface area contributed by atoms with Gasteiger partial charge in [0.1, 0.15) is 0 Å². The fraction of sp³-hybridized carbons (Fsp3) is 0.400. The molecular formula is C10H12O2S. The first kappa shape index (κ1) is 10.1. The van der Waals surface area contributed by atoms with Gasteiger partial charge in [-0.3, -0.25) is 9.59 Å². The zero-order valence-electron chi connectivity index (χ0n) is 7.74. The molecule has 0 amide bonds. The fourth-order valence-corrected chi connectivity index (χ4v) is 2.10. The van der Waals surface area contributed by atoms with Crippen LogP contribution < -0.4 is 0 Å². The SMILES string of the molecule is CC(C)Cc1csc(C=O)c1C=O. The highest BCUT2D eigenvalue weighted by Gasteiger charge is 2.10. The molecule has 0 unspecified atom stereocenters. The van der Waals surface area contributed by atoms with Crippen LogP contribution in [0.1, 0.15) is 39.4 Å². The number of hydrogen-bond donors (Lipinski definition) is 0. The van der Waals surface area contributed by atoms with Crippen LogP contribution in [-0.4, -0.2) is 12.6 Å². The standard InChI is InChI=1S/C10H12O2S/c1-7(2)3-8-6-13-10(5-12)9(8)4-11/h4-7H,3H2,1-2H3. The molecule has 0 saturated heterocycles. The maximum absolute atomic E-state index is 10.7. The molecule has 0 saturated carbocycles. The molecule has 0 atom stereocenters. The van der Waals surface area contributed by atoms with E-state index in [-0.39, 0.29) is 0 Å². The molecule has 3 heteroatoms. The lowest BCUT2D eigenvalue weighted by Gasteiger charge is -2.02. The van der Waals surface area contributed by atoms with Crippen molar-refractivity contribution < 1.29 is 9.59 Å². The third-order valence-corrected chi connectivity index (χ3v) is 2.77. The van der Waals surface area contributed by atoms with Gasteiger partial charge in [0.05, 0.1) is 4.88 Å². The van der Waals surface area contributed by atoms with Gasteiger partial charge in [-0.25, -0.2) is 0 Å². The van der Waals surface area contributed by atoms with Gasteiger partial charge in [0.2, 0.25) is 0 Å². The van der Waals surface area contributed by atoms with Gasteiger partial charge in [-0.2, -0.15) is 0 Å². The molecule has 0 radical (unpaired) electrons. The molecule has 0 aliphatic rings. The molecule has 0 aliphatic heterocycles. The van der Waals surface area contributed by atoms with E-state index < -0.39 is 0 Å². The first-order valence-corrected chi connectivity index (χ1v) is 5.07. The van der Waals surface area contributed by atoms with Gasteiger partial charge in [-0.1, -0.05) is 13.8 Å². The van der Waals surface area contributed by atoms with Crippen LogP contribution in [0.25, 0.3) is 0 Å². The highest BCUT2D eigenvalue weighted by Crippen LogP contribution is 2.21. The predicted molar refractivity (Wildman–Crippen MR) is 53.6 cm³/mol. The van der Waals surface area contributed by atoms with Crippen LogP contribution in [0.3, 0.4) is 0 Å². The van der Waals surface area contributed by atoms with Crippen molar-refractivity contribution in [3.05, 3.63) is 21.4 Å². The van der Waals surface area contributed by atoms with E-state index in [2.05, 4.69) is 13.8 Å². The Kier molecular flexibility index (Phi) is 3.37. The van der Waals surface area contributed by atoms with Crippen LogP contribution in [0.5, 0.6) is 0 Å². The summed E-state index contributed by atoms with van der Waals surface area (Å²) in [5, 5.41) is 1.90. The third-order valence-electron chi connectivity index (χ3n) is 1.79. The quantitative estimate of drug-likeness (QED) is 0.693. The van der Waals surface area contributed by atoms with E-state index in [9.17, 15) is 9.59 Å². The van der Waals surface area contributed by atoms with Crippen molar-refractivity contribution in [3.8, 4) is 0 Å². The van der Waals surface area contributed by atoms with Crippen LogP contribution >= 0.6 is 11.3 Å². The normalized spacial score (nSPS) is 10.4. The van der Waals surface area contributed by atoms with Crippen molar-refractivity contribution in [1.82, 2.24) is 0 Å². The number of aldehydes is 2. The maximum Gasteiger partial charge on any atom is 0.160 e. The summed E-state index contributed by atoms with van der Waals surface area (Å²) in [6, 6.07) is 0. The largest absolute Gasteiger partial charge is 0.298 e. The summed E-state index contributed by atoms with van der Waals surface area (Å²) in [7, 11) is 0. The van der Waals surface area contributed by atoms with E-state index in [0.717, 1.165) is 24.6 Å². The second-order valence-electron chi connectivity index (χ2n) is 3.37. The predicted octanol–water partition coefficient (Wildman–Crippen LogP) is 2.57. The average molecular weight is 196 g/mol. The number of thiophene rings is 1. The number of carbonyl (C=O) groups is 2. The van der Waals surface area contributed by atoms with Gasteiger partial charge in [-0.15, -0.1) is 11.3 Å². The Balaban J connectivity index is 3.00. The van der Waals surface area contributed by atoms with Gasteiger partial charge in [0.25, 0.3) is 0 Å². The van der Waals surface area contributed by atoms with E-state index in [1.54, 1.807) is 0 Å². The molecule has 70 valence electrons. The van der Waals surface area contributed by atoms with E-state index in [1.165, 1.54) is 11.3 Å². The topological polar surface area (TPSA) is 34.1 Å². The molecule has 2 nitrogen and oxygen atoms in total. The number of hydrogen-bond acceptors (Lipinski definition) is 3. The smallest absolute Gasteiger partial charge is 0.160 e. The monoisotopic (exact) mass is 196 g/mol. The molecule has 1 heterocycles. The molecule has 1 aromatic rings. The van der Waals surface area contributed by atoms with Crippen LogP contribution in [-0.2, 0) is 6.42 Å². The summed E-state index contributed by atoms with van der Waals surface area (Å²) in [4.78, 5) is 21.8. The van der Waals surface area contributed by atoms with E-state index in [4.69, 9.17) is 0 Å². The minimum atomic E-state index is 0.507. The molecule has 1 aromatic heterocycles. The number of carbonyl (C=O) groups excluding carboxylic acids is 2. The molecule has 0 aromatic carbocycles. The van der Waals surface area contributed by atoms with Crippen LogP contribution in [0.4, 0.5) is 0 Å². The zero-order chi connectivity index (χ0) is 9.84. The van der Waals surface area contributed by atoms with Gasteiger partial charge < -0.3 is 0 Å². The molecule has 0 aliphatic carbocycles. The molecule has 1 rings (SSSR count). The Hall–Kier alpha value is -0.960. The lowest BCUT2D eigenvalue weighted by molar-refractivity contribution is 0.109. The van der Waals surface area contributed by atoms with Crippen LogP contribution in [0, 0.1) is 5.92 Å². The average Bonchev–Trinajstić information content (AvgIpc) is 2.45. The third kappa shape index (κ3) is 2.25. The van der Waals surface area contributed by atoms with Gasteiger partial charge in [0, 0.05) is 5.56 Å². The van der Waals surface area contributed by atoms with Crippen molar-refractivity contribution >= 4 is 23.9 Å². The van der Waals surface area contributed by atoms with Gasteiger partial charge in [-0.05, 0) is 23.3 Å². The summed E-state index contributed by atoms with van der Waals surface area (Å²) < 4.78 is 0. The second kappa shape index (κ2) is 4.33. The summed E-state index contributed by atoms with van der Waals surface area (Å²) in [5.74, 6) is 0.507. The lowest BCUT2D eigenvalue weighted by atomic mass is 10.0. The highest BCUT2D eigenvalue weighted by atomic mass is 32.1. The minimum absolute atomic E-state index is 0.507. The first-order valence-electron chi connectivity index (χ1n) is 4.19. The maximum atomic E-state index is 10.7. The van der Waals surface area contributed by atoms with Crippen molar-refractivity contribution in [3.63, 3.8) is 0 Å². The Morgan fingerprint density at radius 2 is 2.08 bits per heavy atom. The summed E-state index contributed by atoms with van der Waals surface area (Å²) >= 11 is 1.34. The highest BCUT2D eigenvalue weighted by molar-refractivity contribution is 7.12. The zero-order valence-corrected chi connectivity index (χ0v) is 8.56. The fourth-order valence-electron chi connectivity index (χ4n) is 1.24. The van der Waals surface area contributed by atoms with E-state index in [0.29, 0.717) is 16.4 Å². The van der Waals surface area contributed by atoms with Crippen molar-refractivity contribution in [1.29, 1.82) is 0 Å².